The Morgan fingerprint density at radius 3 is 2.17 bits per heavy atom. The van der Waals surface area contributed by atoms with Gasteiger partial charge in [-0.05, 0) is 36.7 Å². The van der Waals surface area contributed by atoms with E-state index in [0.717, 1.165) is 30.9 Å². The van der Waals surface area contributed by atoms with Gasteiger partial charge in [-0.25, -0.2) is 0 Å². The molecule has 0 aromatic heterocycles. The summed E-state index contributed by atoms with van der Waals surface area (Å²) in [4.78, 5) is 2.33. The van der Waals surface area contributed by atoms with Crippen molar-refractivity contribution in [2.75, 3.05) is 26.7 Å². The lowest BCUT2D eigenvalue weighted by Gasteiger charge is -2.26. The normalized spacial score (nSPS) is 14.6. The molecule has 1 N–H and O–H groups in total. The van der Waals surface area contributed by atoms with E-state index >= 15 is 0 Å². The SMILES string of the molecule is CCN(CC)CC(C)C(O)c1ccc(OC)cc1. The van der Waals surface area contributed by atoms with E-state index in [9.17, 15) is 5.11 Å². The van der Waals surface area contributed by atoms with Gasteiger partial charge >= 0.3 is 0 Å². The van der Waals surface area contributed by atoms with E-state index in [1.807, 2.05) is 24.3 Å². The lowest BCUT2D eigenvalue weighted by molar-refractivity contribution is 0.0910. The van der Waals surface area contributed by atoms with Gasteiger partial charge in [-0.1, -0.05) is 32.9 Å². The van der Waals surface area contributed by atoms with E-state index in [-0.39, 0.29) is 5.92 Å². The number of ether oxygens (including phenoxy) is 1. The van der Waals surface area contributed by atoms with Crippen LogP contribution in [0.15, 0.2) is 24.3 Å². The largest absolute Gasteiger partial charge is 0.497 e. The molecule has 0 saturated heterocycles. The smallest absolute Gasteiger partial charge is 0.118 e. The first-order chi connectivity index (χ1) is 8.62. The molecule has 0 spiro atoms. The number of aliphatic hydroxyl groups is 1. The summed E-state index contributed by atoms with van der Waals surface area (Å²) in [5.41, 5.74) is 0.954. The molecule has 2 atom stereocenters. The van der Waals surface area contributed by atoms with Gasteiger partial charge in [-0.15, -0.1) is 0 Å². The van der Waals surface area contributed by atoms with Gasteiger partial charge in [0.05, 0.1) is 13.2 Å². The van der Waals surface area contributed by atoms with Crippen LogP contribution >= 0.6 is 0 Å². The molecule has 3 nitrogen and oxygen atoms in total. The van der Waals surface area contributed by atoms with Crippen LogP contribution in [0.5, 0.6) is 5.75 Å². The highest BCUT2D eigenvalue weighted by atomic mass is 16.5. The van der Waals surface area contributed by atoms with Crippen molar-refractivity contribution in [1.82, 2.24) is 4.90 Å². The molecule has 1 aromatic carbocycles. The fraction of sp³-hybridized carbons (Fsp3) is 0.600. The highest BCUT2D eigenvalue weighted by Crippen LogP contribution is 2.24. The summed E-state index contributed by atoms with van der Waals surface area (Å²) in [7, 11) is 1.65. The maximum Gasteiger partial charge on any atom is 0.118 e. The molecule has 0 aliphatic carbocycles. The van der Waals surface area contributed by atoms with Crippen LogP contribution in [0.1, 0.15) is 32.4 Å². The summed E-state index contributed by atoms with van der Waals surface area (Å²) < 4.78 is 5.12. The van der Waals surface area contributed by atoms with Gasteiger partial charge < -0.3 is 14.7 Å². The Kier molecular flexibility index (Phi) is 6.16. The molecule has 2 unspecified atom stereocenters. The number of nitrogens with zero attached hydrogens (tertiary/aromatic N) is 1. The van der Waals surface area contributed by atoms with Crippen LogP contribution in [0.3, 0.4) is 0 Å². The molecule has 1 rings (SSSR count). The minimum atomic E-state index is -0.420. The Bertz CT molecular complexity index is 333. The Morgan fingerprint density at radius 1 is 1.17 bits per heavy atom. The van der Waals surface area contributed by atoms with Gasteiger partial charge in [0.25, 0.3) is 0 Å². The van der Waals surface area contributed by atoms with Crippen molar-refractivity contribution >= 4 is 0 Å². The van der Waals surface area contributed by atoms with Crippen molar-refractivity contribution < 1.29 is 9.84 Å². The van der Waals surface area contributed by atoms with Crippen molar-refractivity contribution in [2.45, 2.75) is 26.9 Å². The van der Waals surface area contributed by atoms with Crippen molar-refractivity contribution in [2.24, 2.45) is 5.92 Å². The van der Waals surface area contributed by atoms with Gasteiger partial charge in [-0.3, -0.25) is 0 Å². The highest BCUT2D eigenvalue weighted by Gasteiger charge is 2.18. The first-order valence-electron chi connectivity index (χ1n) is 6.66. The van der Waals surface area contributed by atoms with Crippen LogP contribution in [-0.2, 0) is 0 Å². The molecule has 102 valence electrons. The molecular weight excluding hydrogens is 226 g/mol. The van der Waals surface area contributed by atoms with E-state index in [1.54, 1.807) is 7.11 Å². The summed E-state index contributed by atoms with van der Waals surface area (Å²) in [6.07, 6.45) is -0.420. The molecule has 0 heterocycles. The predicted octanol–water partition coefficient (Wildman–Crippen LogP) is 2.71. The zero-order chi connectivity index (χ0) is 13.5. The molecule has 0 saturated carbocycles. The average molecular weight is 251 g/mol. The summed E-state index contributed by atoms with van der Waals surface area (Å²) >= 11 is 0. The Labute approximate surface area is 110 Å². The van der Waals surface area contributed by atoms with E-state index in [0.29, 0.717) is 0 Å². The van der Waals surface area contributed by atoms with E-state index in [2.05, 4.69) is 25.7 Å². The molecule has 0 amide bonds. The quantitative estimate of drug-likeness (QED) is 0.808. The molecule has 3 heteroatoms. The van der Waals surface area contributed by atoms with Gasteiger partial charge in [0.2, 0.25) is 0 Å². The van der Waals surface area contributed by atoms with Crippen LogP contribution in [-0.4, -0.2) is 36.8 Å². The molecule has 18 heavy (non-hydrogen) atoms. The summed E-state index contributed by atoms with van der Waals surface area (Å²) in [5.74, 6) is 1.04. The lowest BCUT2D eigenvalue weighted by Crippen LogP contribution is -2.30. The first-order valence-corrected chi connectivity index (χ1v) is 6.66. The van der Waals surface area contributed by atoms with Crippen molar-refractivity contribution in [3.8, 4) is 5.75 Å². The molecule has 0 fully saturated rings. The molecule has 1 aromatic rings. The van der Waals surface area contributed by atoms with Gasteiger partial charge in [-0.2, -0.15) is 0 Å². The van der Waals surface area contributed by atoms with Gasteiger partial charge in [0.1, 0.15) is 5.75 Å². The van der Waals surface area contributed by atoms with Crippen LogP contribution < -0.4 is 4.74 Å². The zero-order valence-corrected chi connectivity index (χ0v) is 11.9. The van der Waals surface area contributed by atoms with E-state index in [1.165, 1.54) is 0 Å². The van der Waals surface area contributed by atoms with Crippen molar-refractivity contribution in [1.29, 1.82) is 0 Å². The summed E-state index contributed by atoms with van der Waals surface area (Å²) in [6, 6.07) is 7.65. The second-order valence-corrected chi connectivity index (χ2v) is 4.68. The maximum atomic E-state index is 10.3. The van der Waals surface area contributed by atoms with E-state index in [4.69, 9.17) is 4.74 Å². The van der Waals surface area contributed by atoms with Crippen LogP contribution in [0.2, 0.25) is 0 Å². The standard InChI is InChI=1S/C15H25NO2/c1-5-16(6-2)11-12(3)15(17)13-7-9-14(18-4)10-8-13/h7-10,12,15,17H,5-6,11H2,1-4H3. The number of methoxy groups -OCH3 is 1. The third kappa shape index (κ3) is 4.00. The van der Waals surface area contributed by atoms with Gasteiger partial charge in [0.15, 0.2) is 0 Å². The van der Waals surface area contributed by atoms with Crippen molar-refractivity contribution in [3.05, 3.63) is 29.8 Å². The van der Waals surface area contributed by atoms with Crippen molar-refractivity contribution in [3.63, 3.8) is 0 Å². The fourth-order valence-corrected chi connectivity index (χ4v) is 2.12. The summed E-state index contributed by atoms with van der Waals surface area (Å²) in [6.45, 7) is 9.35. The second-order valence-electron chi connectivity index (χ2n) is 4.68. The minimum Gasteiger partial charge on any atom is -0.497 e. The highest BCUT2D eigenvalue weighted by molar-refractivity contribution is 5.28. The Morgan fingerprint density at radius 2 is 1.72 bits per heavy atom. The third-order valence-electron chi connectivity index (χ3n) is 3.44. The average Bonchev–Trinajstić information content (AvgIpc) is 2.43. The molecule has 0 aliphatic heterocycles. The second kappa shape index (κ2) is 7.39. The first kappa shape index (κ1) is 15.0. The van der Waals surface area contributed by atoms with Crippen LogP contribution in [0, 0.1) is 5.92 Å². The number of hydrogen-bond donors (Lipinski definition) is 1. The van der Waals surface area contributed by atoms with E-state index < -0.39 is 6.10 Å². The zero-order valence-electron chi connectivity index (χ0n) is 11.9. The monoisotopic (exact) mass is 251 g/mol. The van der Waals surface area contributed by atoms with Crippen LogP contribution in [0.4, 0.5) is 0 Å². The predicted molar refractivity (Wildman–Crippen MR) is 74.9 cm³/mol. The number of aliphatic hydroxyl groups excluding tert-OH is 1. The van der Waals surface area contributed by atoms with Crippen LogP contribution in [0.25, 0.3) is 0 Å². The third-order valence-corrected chi connectivity index (χ3v) is 3.44. The topological polar surface area (TPSA) is 32.7 Å². The number of rotatable bonds is 7. The maximum absolute atomic E-state index is 10.3. The molecule has 0 aliphatic rings. The fourth-order valence-electron chi connectivity index (χ4n) is 2.12. The minimum absolute atomic E-state index is 0.221. The molecule has 0 bridgehead atoms. The summed E-state index contributed by atoms with van der Waals surface area (Å²) in [5, 5.41) is 10.3. The number of benzene rings is 1. The Hall–Kier alpha value is -1.06. The van der Waals surface area contributed by atoms with Gasteiger partial charge in [0, 0.05) is 6.54 Å². The molecular formula is C15H25NO2. The number of hydrogen-bond acceptors (Lipinski definition) is 3. The molecule has 0 radical (unpaired) electrons. The Balaban J connectivity index is 2.64. The lowest BCUT2D eigenvalue weighted by atomic mass is 9.97.